The van der Waals surface area contributed by atoms with Crippen LogP contribution in [0.25, 0.3) is 6.08 Å². The molecule has 0 aliphatic heterocycles. The Morgan fingerprint density at radius 1 is 1.19 bits per heavy atom. The molecule has 1 saturated carbocycles. The van der Waals surface area contributed by atoms with Gasteiger partial charge in [0.1, 0.15) is 5.54 Å². The normalized spacial score (nSPS) is 25.2. The van der Waals surface area contributed by atoms with Crippen molar-refractivity contribution in [3.63, 3.8) is 0 Å². The number of ether oxygens (including phenoxy) is 1. The summed E-state index contributed by atoms with van der Waals surface area (Å²) in [7, 11) is 1.45. The number of aliphatic hydroxyl groups is 1. The van der Waals surface area contributed by atoms with Gasteiger partial charge in [-0.25, -0.2) is 4.79 Å². The second-order valence-corrected chi connectivity index (χ2v) is 9.93. The summed E-state index contributed by atoms with van der Waals surface area (Å²) >= 11 is 6.19. The molecule has 0 bridgehead atoms. The molecule has 2 aromatic carbocycles. The van der Waals surface area contributed by atoms with Crippen LogP contribution < -0.4 is 5.32 Å². The van der Waals surface area contributed by atoms with Crippen molar-refractivity contribution in [2.24, 2.45) is 5.92 Å². The number of fused-ring (bicyclic) bond motifs is 2. The Bertz CT molecular complexity index is 1040. The lowest BCUT2D eigenvalue weighted by molar-refractivity contribution is -0.147. The highest BCUT2D eigenvalue weighted by Crippen LogP contribution is 2.55. The van der Waals surface area contributed by atoms with E-state index in [1.807, 2.05) is 24.3 Å². The molecule has 2 aliphatic rings. The molecule has 5 heteroatoms. The van der Waals surface area contributed by atoms with Gasteiger partial charge in [-0.1, -0.05) is 54.4 Å². The molecule has 32 heavy (non-hydrogen) atoms. The molecule has 0 amide bonds. The number of benzene rings is 2. The molecule has 2 N–H and O–H groups in total. The van der Waals surface area contributed by atoms with Crippen molar-refractivity contribution < 1.29 is 14.6 Å². The van der Waals surface area contributed by atoms with Gasteiger partial charge in [-0.3, -0.25) is 0 Å². The molecule has 0 aromatic heterocycles. The van der Waals surface area contributed by atoms with Gasteiger partial charge >= 0.3 is 5.97 Å². The summed E-state index contributed by atoms with van der Waals surface area (Å²) in [6.45, 7) is 4.42. The monoisotopic (exact) mass is 453 g/mol. The summed E-state index contributed by atoms with van der Waals surface area (Å²) in [5.41, 5.74) is 5.26. The summed E-state index contributed by atoms with van der Waals surface area (Å²) < 4.78 is 5.26. The van der Waals surface area contributed by atoms with E-state index in [0.29, 0.717) is 17.9 Å². The van der Waals surface area contributed by atoms with Crippen LogP contribution >= 0.6 is 11.6 Å². The van der Waals surface area contributed by atoms with Gasteiger partial charge in [-0.2, -0.15) is 0 Å². The molecule has 4 rings (SSSR count). The van der Waals surface area contributed by atoms with Gasteiger partial charge in [0.05, 0.1) is 7.11 Å². The third-order valence-corrected chi connectivity index (χ3v) is 7.63. The fourth-order valence-corrected chi connectivity index (χ4v) is 5.77. The van der Waals surface area contributed by atoms with Gasteiger partial charge in [-0.15, -0.1) is 0 Å². The number of rotatable bonds is 6. The van der Waals surface area contributed by atoms with Crippen molar-refractivity contribution in [1.82, 2.24) is 0 Å². The maximum Gasteiger partial charge on any atom is 0.331 e. The Kier molecular flexibility index (Phi) is 6.37. The van der Waals surface area contributed by atoms with E-state index in [4.69, 9.17) is 16.3 Å². The quantitative estimate of drug-likeness (QED) is 0.534. The molecule has 1 spiro atoms. The molecule has 2 aromatic rings. The first kappa shape index (κ1) is 22.9. The molecule has 1 fully saturated rings. The van der Waals surface area contributed by atoms with Crippen molar-refractivity contribution in [2.75, 3.05) is 19.0 Å². The van der Waals surface area contributed by atoms with Crippen LogP contribution in [0.3, 0.4) is 0 Å². The minimum absolute atomic E-state index is 0.0989. The van der Waals surface area contributed by atoms with Crippen LogP contribution in [-0.2, 0) is 14.9 Å². The van der Waals surface area contributed by atoms with Crippen molar-refractivity contribution in [2.45, 2.75) is 56.9 Å². The molecule has 0 unspecified atom stereocenters. The number of anilines is 1. The molecule has 0 radical (unpaired) electrons. The van der Waals surface area contributed by atoms with E-state index in [1.54, 1.807) is 0 Å². The van der Waals surface area contributed by atoms with Gasteiger partial charge in [0.15, 0.2) is 0 Å². The van der Waals surface area contributed by atoms with Crippen LogP contribution in [0, 0.1) is 12.8 Å². The molecule has 2 aliphatic carbocycles. The smallest absolute Gasteiger partial charge is 0.331 e. The minimum Gasteiger partial charge on any atom is -0.467 e. The zero-order chi connectivity index (χ0) is 22.9. The zero-order valence-electron chi connectivity index (χ0n) is 19.1. The van der Waals surface area contributed by atoms with Crippen LogP contribution in [0.4, 0.5) is 5.69 Å². The number of aliphatic hydroxyl groups excluding tert-OH is 1. The summed E-state index contributed by atoms with van der Waals surface area (Å²) in [6, 6.07) is 14.0. The Morgan fingerprint density at radius 3 is 2.56 bits per heavy atom. The van der Waals surface area contributed by atoms with Crippen LogP contribution in [-0.4, -0.2) is 30.3 Å². The van der Waals surface area contributed by atoms with E-state index in [1.165, 1.54) is 29.4 Å². The molecule has 0 saturated heterocycles. The first-order valence-corrected chi connectivity index (χ1v) is 11.8. The molecule has 1 atom stereocenters. The average molecular weight is 454 g/mol. The van der Waals surface area contributed by atoms with E-state index >= 15 is 0 Å². The summed E-state index contributed by atoms with van der Waals surface area (Å²) in [4.78, 5) is 13.0. The van der Waals surface area contributed by atoms with Gasteiger partial charge in [0.25, 0.3) is 0 Å². The van der Waals surface area contributed by atoms with E-state index in [2.05, 4.69) is 43.4 Å². The van der Waals surface area contributed by atoms with E-state index < -0.39 is 5.54 Å². The fourth-order valence-electron chi connectivity index (χ4n) is 5.58. The largest absolute Gasteiger partial charge is 0.467 e. The van der Waals surface area contributed by atoms with Gasteiger partial charge in [0.2, 0.25) is 0 Å². The van der Waals surface area contributed by atoms with Gasteiger partial charge in [-0.05, 0) is 79.8 Å². The highest BCUT2D eigenvalue weighted by atomic mass is 35.5. The van der Waals surface area contributed by atoms with Crippen molar-refractivity contribution >= 4 is 29.3 Å². The number of carbonyl (C=O) groups excluding carboxylic acids is 1. The van der Waals surface area contributed by atoms with Crippen LogP contribution in [0.1, 0.15) is 55.7 Å². The van der Waals surface area contributed by atoms with Crippen molar-refractivity contribution in [3.8, 4) is 0 Å². The molecule has 0 heterocycles. The molecular formula is C27H32ClNO3. The van der Waals surface area contributed by atoms with Crippen molar-refractivity contribution in [1.29, 1.82) is 0 Å². The number of carbonyl (C=O) groups is 1. The van der Waals surface area contributed by atoms with Gasteiger partial charge < -0.3 is 15.2 Å². The van der Waals surface area contributed by atoms with Gasteiger partial charge in [0, 0.05) is 22.7 Å². The number of methoxy groups -OCH3 is 1. The topological polar surface area (TPSA) is 58.6 Å². The zero-order valence-corrected chi connectivity index (χ0v) is 19.8. The van der Waals surface area contributed by atoms with Crippen LogP contribution in [0.5, 0.6) is 0 Å². The van der Waals surface area contributed by atoms with E-state index in [-0.39, 0.29) is 23.9 Å². The summed E-state index contributed by atoms with van der Waals surface area (Å²) in [5.74, 6) is -0.0336. The number of esters is 1. The molecule has 170 valence electrons. The van der Waals surface area contributed by atoms with Crippen LogP contribution in [0.15, 0.2) is 48.0 Å². The van der Waals surface area contributed by atoms with E-state index in [9.17, 15) is 9.90 Å². The lowest BCUT2D eigenvalue weighted by atomic mass is 9.61. The number of hydrogen-bond acceptors (Lipinski definition) is 4. The first-order chi connectivity index (χ1) is 15.3. The standard InChI is InChI=1S/C27H32ClNO3/c1-18(17-30)14-20-15-23-19(2)6-4-9-24(23)26(20)10-12-27(13-11-26,25(31)32-3)29-22-8-5-7-21(28)16-22/h4-9,15-16,18,29-30H,10-14,17H2,1-3H3/t18-,26?,27?/m1/s1. The predicted octanol–water partition coefficient (Wildman–Crippen LogP) is 5.90. The average Bonchev–Trinajstić information content (AvgIpc) is 3.09. The summed E-state index contributed by atoms with van der Waals surface area (Å²) in [6.07, 6.45) is 6.20. The Labute approximate surface area is 195 Å². The second kappa shape index (κ2) is 8.92. The highest BCUT2D eigenvalue weighted by molar-refractivity contribution is 6.30. The minimum atomic E-state index is -0.787. The predicted molar refractivity (Wildman–Crippen MR) is 130 cm³/mol. The number of hydrogen-bond donors (Lipinski definition) is 2. The maximum atomic E-state index is 13.0. The SMILES string of the molecule is COC(=O)C1(Nc2cccc(Cl)c2)CCC2(CC1)C(C[C@@H](C)CO)=Cc1c(C)cccc12. The second-order valence-electron chi connectivity index (χ2n) is 9.49. The number of aryl methyl sites for hydroxylation is 1. The van der Waals surface area contributed by atoms with Crippen LogP contribution in [0.2, 0.25) is 5.02 Å². The lowest BCUT2D eigenvalue weighted by Crippen LogP contribution is -2.52. The number of nitrogens with one attached hydrogen (secondary N) is 1. The third kappa shape index (κ3) is 3.95. The number of allylic oxidation sites excluding steroid dienone is 1. The summed E-state index contributed by atoms with van der Waals surface area (Å²) in [5, 5.41) is 13.8. The first-order valence-electron chi connectivity index (χ1n) is 11.4. The molecule has 4 nitrogen and oxygen atoms in total. The third-order valence-electron chi connectivity index (χ3n) is 7.39. The highest BCUT2D eigenvalue weighted by Gasteiger charge is 2.52. The van der Waals surface area contributed by atoms with Crippen molar-refractivity contribution in [3.05, 3.63) is 69.8 Å². The Hall–Kier alpha value is -2.30. The number of halogens is 1. The lowest BCUT2D eigenvalue weighted by Gasteiger charge is -2.46. The fraction of sp³-hybridized carbons (Fsp3) is 0.444. The Morgan fingerprint density at radius 2 is 1.91 bits per heavy atom. The van der Waals surface area contributed by atoms with E-state index in [0.717, 1.165) is 24.9 Å². The maximum absolute atomic E-state index is 13.0. The molecular weight excluding hydrogens is 422 g/mol. The Balaban J connectivity index is 1.68.